The highest BCUT2D eigenvalue weighted by Gasteiger charge is 2.35. The Balaban J connectivity index is 1.46. The number of alkyl halides is 3. The molecule has 1 N–H and O–H groups in total. The van der Waals surface area contributed by atoms with Crippen molar-refractivity contribution in [3.8, 4) is 5.75 Å². The third kappa shape index (κ3) is 6.35. The maximum absolute atomic E-state index is 12.8. The quantitative estimate of drug-likeness (QED) is 0.753. The van der Waals surface area contributed by atoms with E-state index in [4.69, 9.17) is 0 Å². The molecule has 9 heteroatoms. The molecule has 0 bridgehead atoms. The number of nitrogens with zero attached hydrogens (tertiary/aromatic N) is 2. The van der Waals surface area contributed by atoms with Crippen LogP contribution < -0.4 is 10.1 Å². The Labute approximate surface area is 174 Å². The Morgan fingerprint density at radius 3 is 2.47 bits per heavy atom. The van der Waals surface area contributed by atoms with Crippen molar-refractivity contribution in [3.05, 3.63) is 24.3 Å². The molecule has 2 aliphatic rings. The van der Waals surface area contributed by atoms with Crippen LogP contribution in [0.25, 0.3) is 0 Å². The Morgan fingerprint density at radius 2 is 1.77 bits per heavy atom. The molecule has 3 rings (SSSR count). The summed E-state index contributed by atoms with van der Waals surface area (Å²) in [7, 11) is 1.71. The number of rotatable bonds is 6. The summed E-state index contributed by atoms with van der Waals surface area (Å²) in [6.45, 7) is 0.954. The Morgan fingerprint density at radius 1 is 1.10 bits per heavy atom. The normalized spacial score (nSPS) is 21.8. The lowest BCUT2D eigenvalue weighted by atomic mass is 9.78. The molecular formula is C21H28F3N3O3. The standard InChI is InChI=1S/C21H28F3N3O3/c1-26(14-20(29)27-12-4-6-15-5-2-3-7-18(15)27)13-19(28)25-16-8-10-17(11-9-16)30-21(22,23)24/h8-11,15,18H,2-7,12-14H2,1H3,(H,25,28)/t15-,18+/m1/s1. The lowest BCUT2D eigenvalue weighted by Crippen LogP contribution is -2.52. The largest absolute Gasteiger partial charge is 0.573 e. The number of ether oxygens (including phenoxy) is 1. The van der Waals surface area contributed by atoms with Crippen LogP contribution in [-0.2, 0) is 9.59 Å². The van der Waals surface area contributed by atoms with Gasteiger partial charge in [-0.25, -0.2) is 0 Å². The molecule has 1 aromatic carbocycles. The van der Waals surface area contributed by atoms with Crippen LogP contribution in [0.15, 0.2) is 24.3 Å². The minimum atomic E-state index is -4.76. The summed E-state index contributed by atoms with van der Waals surface area (Å²) >= 11 is 0. The lowest BCUT2D eigenvalue weighted by molar-refractivity contribution is -0.274. The van der Waals surface area contributed by atoms with Crippen molar-refractivity contribution < 1.29 is 27.5 Å². The first-order valence-electron chi connectivity index (χ1n) is 10.3. The third-order valence-electron chi connectivity index (χ3n) is 5.75. The highest BCUT2D eigenvalue weighted by molar-refractivity contribution is 5.92. The first kappa shape index (κ1) is 22.4. The van der Waals surface area contributed by atoms with Crippen LogP contribution in [-0.4, -0.2) is 60.7 Å². The van der Waals surface area contributed by atoms with Gasteiger partial charge in [-0.2, -0.15) is 0 Å². The fourth-order valence-electron chi connectivity index (χ4n) is 4.50. The molecule has 2 atom stereocenters. The molecule has 0 aromatic heterocycles. The minimum absolute atomic E-state index is 0.00841. The maximum Gasteiger partial charge on any atom is 0.573 e. The van der Waals surface area contributed by atoms with Crippen LogP contribution in [0.4, 0.5) is 18.9 Å². The van der Waals surface area contributed by atoms with Crippen molar-refractivity contribution in [2.45, 2.75) is 50.9 Å². The van der Waals surface area contributed by atoms with Gasteiger partial charge < -0.3 is 15.0 Å². The molecule has 1 saturated carbocycles. The van der Waals surface area contributed by atoms with Crippen LogP contribution in [0, 0.1) is 5.92 Å². The number of fused-ring (bicyclic) bond motifs is 1. The monoisotopic (exact) mass is 427 g/mol. The molecule has 6 nitrogen and oxygen atoms in total. The number of carbonyl (C=O) groups excluding carboxylic acids is 2. The molecular weight excluding hydrogens is 399 g/mol. The summed E-state index contributed by atoms with van der Waals surface area (Å²) in [5.41, 5.74) is 0.357. The number of hydrogen-bond acceptors (Lipinski definition) is 4. The van der Waals surface area contributed by atoms with Crippen molar-refractivity contribution in [1.29, 1.82) is 0 Å². The second-order valence-corrected chi connectivity index (χ2v) is 8.13. The van der Waals surface area contributed by atoms with Crippen molar-refractivity contribution in [1.82, 2.24) is 9.80 Å². The van der Waals surface area contributed by atoms with Gasteiger partial charge in [0, 0.05) is 18.3 Å². The second kappa shape index (κ2) is 9.68. The van der Waals surface area contributed by atoms with Gasteiger partial charge in [-0.05, 0) is 62.9 Å². The summed E-state index contributed by atoms with van der Waals surface area (Å²) in [5.74, 6) is -0.0420. The number of halogens is 3. The number of piperidine rings is 1. The molecule has 166 valence electrons. The molecule has 1 aliphatic heterocycles. The second-order valence-electron chi connectivity index (χ2n) is 8.13. The highest BCUT2D eigenvalue weighted by atomic mass is 19.4. The molecule has 1 aliphatic carbocycles. The van der Waals surface area contributed by atoms with E-state index in [0.29, 0.717) is 17.6 Å². The molecule has 0 spiro atoms. The number of nitrogens with one attached hydrogen (secondary N) is 1. The van der Waals surface area contributed by atoms with Gasteiger partial charge in [0.05, 0.1) is 13.1 Å². The predicted octanol–water partition coefficient (Wildman–Crippen LogP) is 3.64. The maximum atomic E-state index is 12.8. The summed E-state index contributed by atoms with van der Waals surface area (Å²) in [6.07, 6.45) is 2.13. The van der Waals surface area contributed by atoms with Crippen molar-refractivity contribution in [2.24, 2.45) is 5.92 Å². The van der Waals surface area contributed by atoms with E-state index in [1.807, 2.05) is 4.90 Å². The number of anilines is 1. The number of benzene rings is 1. The van der Waals surface area contributed by atoms with Gasteiger partial charge in [-0.1, -0.05) is 12.8 Å². The van der Waals surface area contributed by atoms with E-state index in [9.17, 15) is 22.8 Å². The van der Waals surface area contributed by atoms with Gasteiger partial charge in [0.2, 0.25) is 11.8 Å². The van der Waals surface area contributed by atoms with Gasteiger partial charge in [-0.3, -0.25) is 14.5 Å². The van der Waals surface area contributed by atoms with E-state index in [0.717, 1.165) is 37.9 Å². The molecule has 1 heterocycles. The van der Waals surface area contributed by atoms with Gasteiger partial charge in [0.25, 0.3) is 0 Å². The number of hydrogen-bond donors (Lipinski definition) is 1. The topological polar surface area (TPSA) is 61.9 Å². The van der Waals surface area contributed by atoms with E-state index in [-0.39, 0.29) is 30.7 Å². The zero-order valence-electron chi connectivity index (χ0n) is 17.1. The summed E-state index contributed by atoms with van der Waals surface area (Å²) in [4.78, 5) is 28.7. The van der Waals surface area contributed by atoms with Crippen LogP contribution in [0.3, 0.4) is 0 Å². The van der Waals surface area contributed by atoms with Gasteiger partial charge in [0.15, 0.2) is 0 Å². The first-order chi connectivity index (χ1) is 14.2. The first-order valence-corrected chi connectivity index (χ1v) is 10.3. The minimum Gasteiger partial charge on any atom is -0.406 e. The van der Waals surface area contributed by atoms with E-state index < -0.39 is 6.36 Å². The summed E-state index contributed by atoms with van der Waals surface area (Å²) in [5, 5.41) is 2.62. The molecule has 1 saturated heterocycles. The lowest BCUT2D eigenvalue weighted by Gasteiger charge is -2.44. The van der Waals surface area contributed by atoms with Gasteiger partial charge in [0.1, 0.15) is 5.75 Å². The average Bonchev–Trinajstić information content (AvgIpc) is 2.67. The molecule has 30 heavy (non-hydrogen) atoms. The molecule has 0 radical (unpaired) electrons. The smallest absolute Gasteiger partial charge is 0.406 e. The van der Waals surface area contributed by atoms with Gasteiger partial charge in [-0.15, -0.1) is 13.2 Å². The predicted molar refractivity (Wildman–Crippen MR) is 106 cm³/mol. The fraction of sp³-hybridized carbons (Fsp3) is 0.619. The van der Waals surface area contributed by atoms with Crippen molar-refractivity contribution in [3.63, 3.8) is 0 Å². The van der Waals surface area contributed by atoms with E-state index >= 15 is 0 Å². The zero-order valence-corrected chi connectivity index (χ0v) is 17.1. The van der Waals surface area contributed by atoms with Crippen molar-refractivity contribution >= 4 is 17.5 Å². The van der Waals surface area contributed by atoms with Crippen molar-refractivity contribution in [2.75, 3.05) is 32.0 Å². The molecule has 0 unspecified atom stereocenters. The third-order valence-corrected chi connectivity index (χ3v) is 5.75. The summed E-state index contributed by atoms with van der Waals surface area (Å²) in [6, 6.07) is 5.27. The van der Waals surface area contributed by atoms with Crippen LogP contribution in [0.2, 0.25) is 0 Å². The van der Waals surface area contributed by atoms with E-state index in [2.05, 4.69) is 10.1 Å². The average molecular weight is 427 g/mol. The SMILES string of the molecule is CN(CC(=O)Nc1ccc(OC(F)(F)F)cc1)CC(=O)N1CCC[C@H]2CCCC[C@@H]21. The van der Waals surface area contributed by atoms with E-state index in [1.54, 1.807) is 11.9 Å². The van der Waals surface area contributed by atoms with Crippen LogP contribution >= 0.6 is 0 Å². The molecule has 2 fully saturated rings. The number of likely N-dealkylation sites (tertiary alicyclic amines) is 1. The fourth-order valence-corrected chi connectivity index (χ4v) is 4.50. The summed E-state index contributed by atoms with van der Waals surface area (Å²) < 4.78 is 40.4. The van der Waals surface area contributed by atoms with Crippen LogP contribution in [0.1, 0.15) is 38.5 Å². The Hall–Kier alpha value is -2.29. The molecule has 2 amide bonds. The number of carbonyl (C=O) groups is 2. The Bertz CT molecular complexity index is 737. The zero-order chi connectivity index (χ0) is 21.7. The van der Waals surface area contributed by atoms with E-state index in [1.165, 1.54) is 31.4 Å². The number of likely N-dealkylation sites (N-methyl/N-ethyl adjacent to an activating group) is 1. The highest BCUT2D eigenvalue weighted by Crippen LogP contribution is 2.35. The molecule has 1 aromatic rings. The van der Waals surface area contributed by atoms with Crippen LogP contribution in [0.5, 0.6) is 5.75 Å². The number of amides is 2. The van der Waals surface area contributed by atoms with Gasteiger partial charge >= 0.3 is 6.36 Å². The Kier molecular flexibility index (Phi) is 7.23.